The van der Waals surface area contributed by atoms with Crippen LogP contribution in [-0.4, -0.2) is 28.8 Å². The molecule has 0 saturated carbocycles. The van der Waals surface area contributed by atoms with E-state index in [-0.39, 0.29) is 0 Å². The van der Waals surface area contributed by atoms with Crippen LogP contribution in [0, 0.1) is 11.8 Å². The number of nitrogens with zero attached hydrogens (tertiary/aromatic N) is 3. The molecule has 3 heterocycles. The van der Waals surface area contributed by atoms with Crippen LogP contribution >= 0.6 is 0 Å². The quantitative estimate of drug-likeness (QED) is 0.793. The first-order chi connectivity index (χ1) is 9.20. The minimum atomic E-state index is 0.667. The summed E-state index contributed by atoms with van der Waals surface area (Å²) in [5, 5.41) is 0. The first-order valence-electron chi connectivity index (χ1n) is 6.88. The normalized spacial score (nSPS) is 19.5. The van der Waals surface area contributed by atoms with Gasteiger partial charge in [0.1, 0.15) is 11.3 Å². The number of fused-ring (bicyclic) bond motifs is 1. The number of pyridine rings is 1. The van der Waals surface area contributed by atoms with Crippen LogP contribution in [0.3, 0.4) is 0 Å². The van der Waals surface area contributed by atoms with Crippen molar-refractivity contribution in [2.75, 3.05) is 18.0 Å². The summed E-state index contributed by atoms with van der Waals surface area (Å²) in [5.74, 6) is 2.22. The largest absolute Gasteiger partial charge is 0.354 e. The van der Waals surface area contributed by atoms with Gasteiger partial charge in [0.05, 0.1) is 0 Å². The molecule has 2 aromatic heterocycles. The number of anilines is 1. The number of carbonyl (C=O) groups is 1. The zero-order valence-corrected chi connectivity index (χ0v) is 11.4. The molecule has 1 atom stereocenters. The molecule has 4 heteroatoms. The van der Waals surface area contributed by atoms with Gasteiger partial charge in [-0.2, -0.15) is 0 Å². The molecular weight excluding hydrogens is 238 g/mol. The summed E-state index contributed by atoms with van der Waals surface area (Å²) in [6.45, 7) is 6.52. The summed E-state index contributed by atoms with van der Waals surface area (Å²) in [7, 11) is 0. The van der Waals surface area contributed by atoms with Gasteiger partial charge in [-0.05, 0) is 30.4 Å². The standard InChI is InChI=1S/C15H19N3O/c1-11(2)12-6-8-17(9-12)15-13(10-19)18-7-4-3-5-14(18)16-15/h3-5,7,10-12H,6,8-9H2,1-2H3. The van der Waals surface area contributed by atoms with Crippen LogP contribution < -0.4 is 4.90 Å². The molecule has 0 aliphatic carbocycles. The highest BCUT2D eigenvalue weighted by Gasteiger charge is 2.28. The second-order valence-electron chi connectivity index (χ2n) is 5.61. The Morgan fingerprint density at radius 2 is 2.26 bits per heavy atom. The van der Waals surface area contributed by atoms with Crippen molar-refractivity contribution in [3.8, 4) is 0 Å². The van der Waals surface area contributed by atoms with Crippen molar-refractivity contribution in [3.63, 3.8) is 0 Å². The predicted octanol–water partition coefficient (Wildman–Crippen LogP) is 2.63. The molecule has 0 N–H and O–H groups in total. The van der Waals surface area contributed by atoms with Gasteiger partial charge in [0, 0.05) is 19.3 Å². The van der Waals surface area contributed by atoms with Crippen molar-refractivity contribution < 1.29 is 4.79 Å². The van der Waals surface area contributed by atoms with Crippen molar-refractivity contribution in [1.82, 2.24) is 9.38 Å². The van der Waals surface area contributed by atoms with Gasteiger partial charge in [0.2, 0.25) is 0 Å². The number of carbonyl (C=O) groups excluding carboxylic acids is 1. The van der Waals surface area contributed by atoms with Crippen LogP contribution in [0.25, 0.3) is 5.65 Å². The molecule has 0 amide bonds. The zero-order valence-electron chi connectivity index (χ0n) is 11.4. The molecule has 0 aromatic carbocycles. The minimum Gasteiger partial charge on any atom is -0.354 e. The third-order valence-corrected chi connectivity index (χ3v) is 4.13. The van der Waals surface area contributed by atoms with Gasteiger partial charge in [0.15, 0.2) is 12.1 Å². The maximum atomic E-state index is 11.4. The highest BCUT2D eigenvalue weighted by Crippen LogP contribution is 2.29. The van der Waals surface area contributed by atoms with E-state index in [9.17, 15) is 4.79 Å². The van der Waals surface area contributed by atoms with Gasteiger partial charge in [-0.25, -0.2) is 4.98 Å². The smallest absolute Gasteiger partial charge is 0.170 e. The Bertz CT molecular complexity index is 602. The molecule has 1 fully saturated rings. The molecule has 19 heavy (non-hydrogen) atoms. The van der Waals surface area contributed by atoms with Crippen LogP contribution in [0.4, 0.5) is 5.82 Å². The maximum absolute atomic E-state index is 11.4. The average Bonchev–Trinajstić information content (AvgIpc) is 3.02. The molecule has 1 aliphatic heterocycles. The fourth-order valence-corrected chi connectivity index (χ4v) is 2.87. The lowest BCUT2D eigenvalue weighted by Crippen LogP contribution is -2.22. The Hall–Kier alpha value is -1.84. The van der Waals surface area contributed by atoms with E-state index in [1.54, 1.807) is 0 Å². The highest BCUT2D eigenvalue weighted by molar-refractivity contribution is 5.83. The lowest BCUT2D eigenvalue weighted by Gasteiger charge is -2.18. The van der Waals surface area contributed by atoms with Gasteiger partial charge in [0.25, 0.3) is 0 Å². The molecule has 3 rings (SSSR count). The Labute approximate surface area is 113 Å². The molecule has 1 unspecified atom stereocenters. The van der Waals surface area contributed by atoms with E-state index in [1.165, 1.54) is 6.42 Å². The number of imidazole rings is 1. The maximum Gasteiger partial charge on any atom is 0.170 e. The Morgan fingerprint density at radius 3 is 2.95 bits per heavy atom. The minimum absolute atomic E-state index is 0.667. The second-order valence-corrected chi connectivity index (χ2v) is 5.61. The molecule has 0 spiro atoms. The number of hydrogen-bond acceptors (Lipinski definition) is 3. The van der Waals surface area contributed by atoms with Crippen LogP contribution in [0.15, 0.2) is 24.4 Å². The Morgan fingerprint density at radius 1 is 1.42 bits per heavy atom. The van der Waals surface area contributed by atoms with Gasteiger partial charge < -0.3 is 4.90 Å². The van der Waals surface area contributed by atoms with Crippen molar-refractivity contribution in [2.24, 2.45) is 11.8 Å². The van der Waals surface area contributed by atoms with Crippen molar-refractivity contribution >= 4 is 17.8 Å². The van der Waals surface area contributed by atoms with E-state index in [1.807, 2.05) is 28.8 Å². The first-order valence-corrected chi connectivity index (χ1v) is 6.88. The van der Waals surface area contributed by atoms with E-state index < -0.39 is 0 Å². The van der Waals surface area contributed by atoms with Gasteiger partial charge in [-0.1, -0.05) is 19.9 Å². The molecule has 1 aliphatic rings. The topological polar surface area (TPSA) is 37.6 Å². The fourth-order valence-electron chi connectivity index (χ4n) is 2.87. The third kappa shape index (κ3) is 2.01. The van der Waals surface area contributed by atoms with Crippen LogP contribution in [0.1, 0.15) is 30.8 Å². The van der Waals surface area contributed by atoms with Gasteiger partial charge >= 0.3 is 0 Å². The summed E-state index contributed by atoms with van der Waals surface area (Å²) in [6.07, 6.45) is 3.99. The summed E-state index contributed by atoms with van der Waals surface area (Å²) >= 11 is 0. The fraction of sp³-hybridized carbons (Fsp3) is 0.467. The molecule has 1 saturated heterocycles. The lowest BCUT2D eigenvalue weighted by molar-refractivity contribution is 0.111. The number of hydrogen-bond donors (Lipinski definition) is 0. The third-order valence-electron chi connectivity index (χ3n) is 4.13. The second kappa shape index (κ2) is 4.68. The lowest BCUT2D eigenvalue weighted by atomic mass is 9.95. The van der Waals surface area contributed by atoms with Crippen LogP contribution in [0.5, 0.6) is 0 Å². The Balaban J connectivity index is 1.99. The summed E-state index contributed by atoms with van der Waals surface area (Å²) in [4.78, 5) is 18.3. The number of aldehydes is 1. The van der Waals surface area contributed by atoms with E-state index >= 15 is 0 Å². The Kier molecular flexibility index (Phi) is 3.01. The molecule has 2 aromatic rings. The molecule has 0 radical (unpaired) electrons. The highest BCUT2D eigenvalue weighted by atomic mass is 16.1. The molecule has 100 valence electrons. The molecule has 0 bridgehead atoms. The monoisotopic (exact) mass is 257 g/mol. The van der Waals surface area contributed by atoms with E-state index in [4.69, 9.17) is 0 Å². The molecular formula is C15H19N3O. The summed E-state index contributed by atoms with van der Waals surface area (Å²) in [5.41, 5.74) is 1.51. The van der Waals surface area contributed by atoms with Crippen LogP contribution in [0.2, 0.25) is 0 Å². The summed E-state index contributed by atoms with van der Waals surface area (Å²) in [6, 6.07) is 5.81. The van der Waals surface area contributed by atoms with E-state index in [0.29, 0.717) is 17.5 Å². The predicted molar refractivity (Wildman–Crippen MR) is 75.7 cm³/mol. The van der Waals surface area contributed by atoms with Crippen molar-refractivity contribution in [3.05, 3.63) is 30.1 Å². The van der Waals surface area contributed by atoms with Crippen molar-refractivity contribution in [2.45, 2.75) is 20.3 Å². The average molecular weight is 257 g/mol. The van der Waals surface area contributed by atoms with Gasteiger partial charge in [-0.3, -0.25) is 9.20 Å². The van der Waals surface area contributed by atoms with E-state index in [0.717, 1.165) is 30.8 Å². The molecule has 4 nitrogen and oxygen atoms in total. The van der Waals surface area contributed by atoms with Gasteiger partial charge in [-0.15, -0.1) is 0 Å². The SMILES string of the molecule is CC(C)C1CCN(c2nc3ccccn3c2C=O)C1. The van der Waals surface area contributed by atoms with Crippen molar-refractivity contribution in [1.29, 1.82) is 0 Å². The number of aromatic nitrogens is 2. The number of rotatable bonds is 3. The first kappa shape index (κ1) is 12.2. The van der Waals surface area contributed by atoms with Crippen LogP contribution in [-0.2, 0) is 0 Å². The van der Waals surface area contributed by atoms with E-state index in [2.05, 4.69) is 23.7 Å². The zero-order chi connectivity index (χ0) is 13.4. The summed E-state index contributed by atoms with van der Waals surface area (Å²) < 4.78 is 1.87.